The standard InChI is InChI=1S/C12H10N2O/c13-11-4-3-8(12-2-1-5-15-12)9-6-14-7-10(9)11/h1-7,14H,13H2. The average Bonchev–Trinajstić information content (AvgIpc) is 2.88. The third-order valence-electron chi connectivity index (χ3n) is 2.56. The van der Waals surface area contributed by atoms with Crippen LogP contribution in [-0.2, 0) is 0 Å². The highest BCUT2D eigenvalue weighted by molar-refractivity contribution is 6.01. The monoisotopic (exact) mass is 198 g/mol. The minimum Gasteiger partial charge on any atom is -0.464 e. The number of anilines is 1. The SMILES string of the molecule is Nc1ccc(-c2ccco2)c2c[nH]cc12. The Labute approximate surface area is 86.5 Å². The summed E-state index contributed by atoms with van der Waals surface area (Å²) in [5, 5.41) is 2.12. The van der Waals surface area contributed by atoms with Gasteiger partial charge in [-0.05, 0) is 24.3 Å². The van der Waals surface area contributed by atoms with E-state index in [4.69, 9.17) is 10.2 Å². The molecule has 0 saturated carbocycles. The Hall–Kier alpha value is -2.16. The summed E-state index contributed by atoms with van der Waals surface area (Å²) in [7, 11) is 0. The van der Waals surface area contributed by atoms with Gasteiger partial charge in [-0.15, -0.1) is 0 Å². The summed E-state index contributed by atoms with van der Waals surface area (Å²) >= 11 is 0. The second-order valence-electron chi connectivity index (χ2n) is 3.46. The van der Waals surface area contributed by atoms with Gasteiger partial charge in [-0.25, -0.2) is 0 Å². The molecule has 74 valence electrons. The number of benzene rings is 1. The molecule has 1 aromatic carbocycles. The van der Waals surface area contributed by atoms with Crippen molar-refractivity contribution in [3.05, 3.63) is 42.9 Å². The van der Waals surface area contributed by atoms with Crippen LogP contribution in [-0.4, -0.2) is 4.98 Å². The Morgan fingerprint density at radius 2 is 1.93 bits per heavy atom. The number of rotatable bonds is 1. The summed E-state index contributed by atoms with van der Waals surface area (Å²) in [5.41, 5.74) is 7.71. The number of aromatic amines is 1. The van der Waals surface area contributed by atoms with E-state index in [-0.39, 0.29) is 0 Å². The van der Waals surface area contributed by atoms with Crippen molar-refractivity contribution in [3.8, 4) is 11.3 Å². The van der Waals surface area contributed by atoms with Gasteiger partial charge in [-0.3, -0.25) is 0 Å². The molecule has 3 rings (SSSR count). The Morgan fingerprint density at radius 1 is 1.07 bits per heavy atom. The first-order valence-corrected chi connectivity index (χ1v) is 4.75. The molecular weight excluding hydrogens is 188 g/mol. The highest BCUT2D eigenvalue weighted by atomic mass is 16.3. The number of hydrogen-bond acceptors (Lipinski definition) is 2. The van der Waals surface area contributed by atoms with Crippen molar-refractivity contribution < 1.29 is 4.42 Å². The third-order valence-corrected chi connectivity index (χ3v) is 2.56. The van der Waals surface area contributed by atoms with Gasteiger partial charge >= 0.3 is 0 Å². The van der Waals surface area contributed by atoms with Gasteiger partial charge in [-0.1, -0.05) is 0 Å². The van der Waals surface area contributed by atoms with E-state index in [0.717, 1.165) is 27.8 Å². The number of nitrogen functional groups attached to an aromatic ring is 1. The lowest BCUT2D eigenvalue weighted by Gasteiger charge is -2.01. The molecule has 0 spiro atoms. The van der Waals surface area contributed by atoms with Crippen LogP contribution < -0.4 is 5.73 Å². The fraction of sp³-hybridized carbons (Fsp3) is 0. The van der Waals surface area contributed by atoms with E-state index in [0.29, 0.717) is 0 Å². The summed E-state index contributed by atoms with van der Waals surface area (Å²) in [6.07, 6.45) is 5.50. The van der Waals surface area contributed by atoms with Gasteiger partial charge < -0.3 is 15.1 Å². The fourth-order valence-corrected chi connectivity index (χ4v) is 1.82. The van der Waals surface area contributed by atoms with E-state index in [1.165, 1.54) is 0 Å². The molecule has 0 aliphatic rings. The van der Waals surface area contributed by atoms with Gasteiger partial charge in [-0.2, -0.15) is 0 Å². The molecule has 3 heteroatoms. The quantitative estimate of drug-likeness (QED) is 0.590. The van der Waals surface area contributed by atoms with Crippen LogP contribution in [0, 0.1) is 0 Å². The van der Waals surface area contributed by atoms with Crippen LogP contribution in [0.4, 0.5) is 5.69 Å². The van der Waals surface area contributed by atoms with E-state index in [2.05, 4.69) is 4.98 Å². The van der Waals surface area contributed by atoms with Crippen LogP contribution in [0.15, 0.2) is 47.3 Å². The maximum atomic E-state index is 5.87. The van der Waals surface area contributed by atoms with Crippen molar-refractivity contribution in [2.24, 2.45) is 0 Å². The van der Waals surface area contributed by atoms with Gasteiger partial charge in [0.2, 0.25) is 0 Å². The van der Waals surface area contributed by atoms with Crippen molar-refractivity contribution in [3.63, 3.8) is 0 Å². The topological polar surface area (TPSA) is 54.9 Å². The average molecular weight is 198 g/mol. The van der Waals surface area contributed by atoms with Crippen LogP contribution in [0.25, 0.3) is 22.1 Å². The highest BCUT2D eigenvalue weighted by Crippen LogP contribution is 2.31. The Morgan fingerprint density at radius 3 is 2.73 bits per heavy atom. The first kappa shape index (κ1) is 8.17. The minimum absolute atomic E-state index is 0.779. The largest absolute Gasteiger partial charge is 0.464 e. The lowest BCUT2D eigenvalue weighted by Crippen LogP contribution is -1.85. The molecule has 3 nitrogen and oxygen atoms in total. The van der Waals surface area contributed by atoms with Crippen molar-refractivity contribution in [1.29, 1.82) is 0 Å². The number of aromatic nitrogens is 1. The Kier molecular flexibility index (Phi) is 1.59. The van der Waals surface area contributed by atoms with Crippen LogP contribution >= 0.6 is 0 Å². The van der Waals surface area contributed by atoms with Crippen molar-refractivity contribution in [2.75, 3.05) is 5.73 Å². The van der Waals surface area contributed by atoms with E-state index in [9.17, 15) is 0 Å². The molecule has 0 fully saturated rings. The zero-order chi connectivity index (χ0) is 10.3. The number of nitrogens with two attached hydrogens (primary N) is 1. The smallest absolute Gasteiger partial charge is 0.134 e. The van der Waals surface area contributed by atoms with E-state index in [1.807, 2.05) is 36.7 Å². The fourth-order valence-electron chi connectivity index (χ4n) is 1.82. The molecule has 3 N–H and O–H groups in total. The summed E-state index contributed by atoms with van der Waals surface area (Å²) in [5.74, 6) is 0.861. The molecule has 0 radical (unpaired) electrons. The van der Waals surface area contributed by atoms with Crippen molar-refractivity contribution in [1.82, 2.24) is 4.98 Å². The molecule has 3 aromatic rings. The van der Waals surface area contributed by atoms with E-state index >= 15 is 0 Å². The van der Waals surface area contributed by atoms with Gasteiger partial charge in [0.05, 0.1) is 6.26 Å². The molecule has 2 heterocycles. The molecular formula is C12H10N2O. The summed E-state index contributed by atoms with van der Waals surface area (Å²) in [4.78, 5) is 3.06. The third kappa shape index (κ3) is 1.13. The summed E-state index contributed by atoms with van der Waals surface area (Å²) in [6, 6.07) is 7.69. The normalized spacial score (nSPS) is 10.9. The van der Waals surface area contributed by atoms with Gasteiger partial charge in [0, 0.05) is 34.4 Å². The molecule has 0 unspecified atom stereocenters. The number of hydrogen-bond donors (Lipinski definition) is 2. The zero-order valence-electron chi connectivity index (χ0n) is 8.03. The first-order chi connectivity index (χ1) is 7.36. The second-order valence-corrected chi connectivity index (χ2v) is 3.46. The maximum absolute atomic E-state index is 5.87. The first-order valence-electron chi connectivity index (χ1n) is 4.75. The van der Waals surface area contributed by atoms with Crippen molar-refractivity contribution >= 4 is 16.5 Å². The molecule has 0 atom stereocenters. The summed E-state index contributed by atoms with van der Waals surface area (Å²) < 4.78 is 5.38. The van der Waals surface area contributed by atoms with E-state index in [1.54, 1.807) is 6.26 Å². The lowest BCUT2D eigenvalue weighted by atomic mass is 10.1. The van der Waals surface area contributed by atoms with Crippen LogP contribution in [0.5, 0.6) is 0 Å². The van der Waals surface area contributed by atoms with Crippen LogP contribution in [0.1, 0.15) is 0 Å². The second kappa shape index (κ2) is 2.92. The lowest BCUT2D eigenvalue weighted by molar-refractivity contribution is 0.583. The number of fused-ring (bicyclic) bond motifs is 1. The molecule has 0 bridgehead atoms. The minimum atomic E-state index is 0.779. The van der Waals surface area contributed by atoms with Gasteiger partial charge in [0.1, 0.15) is 5.76 Å². The molecule has 2 aromatic heterocycles. The number of H-pyrrole nitrogens is 1. The number of nitrogens with one attached hydrogen (secondary N) is 1. The molecule has 0 aliphatic heterocycles. The molecule has 0 aliphatic carbocycles. The van der Waals surface area contributed by atoms with Gasteiger partial charge in [0.25, 0.3) is 0 Å². The van der Waals surface area contributed by atoms with Crippen LogP contribution in [0.2, 0.25) is 0 Å². The Balaban J connectivity index is 2.37. The zero-order valence-corrected chi connectivity index (χ0v) is 8.03. The van der Waals surface area contributed by atoms with E-state index < -0.39 is 0 Å². The Bertz CT molecular complexity index is 593. The number of furan rings is 1. The summed E-state index contributed by atoms with van der Waals surface area (Å²) in [6.45, 7) is 0. The molecule has 0 amide bonds. The van der Waals surface area contributed by atoms with Gasteiger partial charge in [0.15, 0.2) is 0 Å². The molecule has 0 saturated heterocycles. The predicted molar refractivity (Wildman–Crippen MR) is 60.4 cm³/mol. The van der Waals surface area contributed by atoms with Crippen LogP contribution in [0.3, 0.4) is 0 Å². The highest BCUT2D eigenvalue weighted by Gasteiger charge is 2.08. The van der Waals surface area contributed by atoms with Crippen molar-refractivity contribution in [2.45, 2.75) is 0 Å². The molecule has 15 heavy (non-hydrogen) atoms. The maximum Gasteiger partial charge on any atom is 0.134 e. The predicted octanol–water partition coefficient (Wildman–Crippen LogP) is 3.01.